The first-order valence-corrected chi connectivity index (χ1v) is 24.9. The number of para-hydroxylation sites is 4. The molecule has 6 aromatic carbocycles. The molecule has 0 saturated heterocycles. The fourth-order valence-electron chi connectivity index (χ4n) is 9.04. The van der Waals surface area contributed by atoms with Crippen molar-refractivity contribution in [2.45, 2.75) is 0 Å². The molecule has 0 aliphatic carbocycles. The van der Waals surface area contributed by atoms with E-state index in [1.54, 1.807) is 0 Å². The first-order valence-electron chi connectivity index (χ1n) is 24.1. The van der Waals surface area contributed by atoms with Crippen LogP contribution in [0.2, 0.25) is 0 Å². The van der Waals surface area contributed by atoms with Gasteiger partial charge in [0.1, 0.15) is 0 Å². The largest absolute Gasteiger partial charge is 2.00 e. The Morgan fingerprint density at radius 2 is 0.658 bits per heavy atom. The predicted molar refractivity (Wildman–Crippen MR) is 320 cm³/mol. The molecule has 0 amide bonds. The van der Waals surface area contributed by atoms with Gasteiger partial charge in [-0.3, -0.25) is 19.9 Å². The molecule has 2 N–H and O–H groups in total. The Labute approximate surface area is 477 Å². The van der Waals surface area contributed by atoms with Crippen molar-refractivity contribution >= 4 is 115 Å². The molecule has 0 radical (unpaired) electrons. The minimum Gasteiger partial charge on any atom is -0.753 e. The minimum absolute atomic E-state index is 0. The van der Waals surface area contributed by atoms with E-state index in [1.807, 2.05) is 24.5 Å². The standard InChI is InChI=1S/C50H34N4.C12H8N2O4.2CNS.Ru/c1-5-13-47-41(9-1)42-10-2-6-14-48(42)53(47)39-25-21-35(22-26-39)17-19-37-29-31-51-45(33-37)46-34-38(30-32-52-46)20-18-36-23-27-40(28-24-36)54-49-15-7-3-11-43(49)44-12-4-8-16-50(44)54;15-11(16)7-1-3-13-9(5-7)10-6-8(12(17)18)2-4-14-10;2*2-1-3;/h1-34H;1-6H,(H,15,16)(H,17,18);;;/q;;2*-1;+2/b19-17+,20-18+;;;;. The number of isothiocyanates is 2. The molecule has 0 aliphatic rings. The molecule has 0 fully saturated rings. The molecule has 0 spiro atoms. The van der Waals surface area contributed by atoms with Crippen molar-refractivity contribution in [2.75, 3.05) is 0 Å². The molecule has 12 aromatic rings. The third-order valence-electron chi connectivity index (χ3n) is 12.5. The molecular formula is C64H42N8O4RuS2. The number of aromatic nitrogens is 6. The number of carboxylic acids is 2. The van der Waals surface area contributed by atoms with Gasteiger partial charge in [0.15, 0.2) is 0 Å². The normalized spacial score (nSPS) is 10.6. The predicted octanol–water partition coefficient (Wildman–Crippen LogP) is 15.5. The third kappa shape index (κ3) is 12.9. The second-order valence-electron chi connectivity index (χ2n) is 17.2. The van der Waals surface area contributed by atoms with Gasteiger partial charge in [-0.15, -0.1) is 0 Å². The van der Waals surface area contributed by atoms with Crippen LogP contribution < -0.4 is 0 Å². The number of hydrogen-bond donors (Lipinski definition) is 2. The van der Waals surface area contributed by atoms with E-state index >= 15 is 0 Å². The zero-order valence-electron chi connectivity index (χ0n) is 41.6. The van der Waals surface area contributed by atoms with Gasteiger partial charge in [-0.2, -0.15) is 10.3 Å². The number of pyridine rings is 4. The van der Waals surface area contributed by atoms with Crippen molar-refractivity contribution in [2.24, 2.45) is 0 Å². The van der Waals surface area contributed by atoms with Crippen LogP contribution in [0.15, 0.2) is 219 Å². The van der Waals surface area contributed by atoms with Crippen LogP contribution in [0.25, 0.3) is 113 Å². The Balaban J connectivity index is 0.000000276. The second kappa shape index (κ2) is 26.3. The van der Waals surface area contributed by atoms with E-state index in [2.05, 4.69) is 236 Å². The maximum Gasteiger partial charge on any atom is 2.00 e. The number of rotatable bonds is 10. The van der Waals surface area contributed by atoms with Crippen molar-refractivity contribution in [1.29, 1.82) is 0 Å². The van der Waals surface area contributed by atoms with Gasteiger partial charge >= 0.3 is 31.4 Å². The van der Waals surface area contributed by atoms with Gasteiger partial charge < -0.3 is 30.2 Å². The first kappa shape index (κ1) is 55.4. The maximum absolute atomic E-state index is 10.8. The van der Waals surface area contributed by atoms with Crippen LogP contribution in [0, 0.1) is 0 Å². The first-order chi connectivity index (χ1) is 38.2. The fraction of sp³-hybridized carbons (Fsp3) is 0. The summed E-state index contributed by atoms with van der Waals surface area (Å²) in [5, 5.41) is 39.7. The number of thiocarbonyl (C=S) groups is 2. The van der Waals surface area contributed by atoms with Crippen molar-refractivity contribution < 1.29 is 39.3 Å². The Hall–Kier alpha value is -9.84. The van der Waals surface area contributed by atoms with E-state index in [9.17, 15) is 9.59 Å². The number of carbonyl (C=O) groups is 2. The number of fused-ring (bicyclic) bond motifs is 6. The molecule has 15 heteroatoms. The molecule has 0 saturated carbocycles. The fourth-order valence-corrected chi connectivity index (χ4v) is 9.04. The van der Waals surface area contributed by atoms with Crippen LogP contribution in [0.1, 0.15) is 43.0 Å². The molecule has 79 heavy (non-hydrogen) atoms. The molecular weight excluding hydrogens is 1110 g/mol. The molecule has 0 aliphatic heterocycles. The summed E-state index contributed by atoms with van der Waals surface area (Å²) in [5.74, 6) is -2.15. The Morgan fingerprint density at radius 1 is 0.392 bits per heavy atom. The molecule has 0 bridgehead atoms. The average molecular weight is 1150 g/mol. The average Bonchev–Trinajstić information content (AvgIpc) is 4.09. The maximum atomic E-state index is 10.8. The van der Waals surface area contributed by atoms with Gasteiger partial charge in [-0.1, -0.05) is 146 Å². The van der Waals surface area contributed by atoms with E-state index in [-0.39, 0.29) is 30.6 Å². The molecule has 12 nitrogen and oxygen atoms in total. The van der Waals surface area contributed by atoms with Crippen molar-refractivity contribution in [1.82, 2.24) is 29.1 Å². The zero-order chi connectivity index (χ0) is 54.4. The van der Waals surface area contributed by atoms with E-state index in [1.165, 1.54) is 90.6 Å². The van der Waals surface area contributed by atoms with Gasteiger partial charge in [0.2, 0.25) is 0 Å². The molecule has 0 unspecified atom stereocenters. The summed E-state index contributed by atoms with van der Waals surface area (Å²) in [4.78, 5) is 38.9. The second-order valence-corrected chi connectivity index (χ2v) is 17.6. The van der Waals surface area contributed by atoms with E-state index in [0.717, 1.165) is 45.0 Å². The monoisotopic (exact) mass is 1150 g/mol. The van der Waals surface area contributed by atoms with Crippen molar-refractivity contribution in [3.05, 3.63) is 263 Å². The number of carboxylic acid groups (broad SMARTS) is 2. The third-order valence-corrected chi connectivity index (χ3v) is 12.5. The smallest absolute Gasteiger partial charge is 0.753 e. The van der Waals surface area contributed by atoms with E-state index in [4.69, 9.17) is 21.0 Å². The van der Waals surface area contributed by atoms with Crippen LogP contribution in [-0.2, 0) is 19.5 Å². The van der Waals surface area contributed by atoms with Gasteiger partial charge in [-0.05, 0) is 119 Å². The quantitative estimate of drug-likeness (QED) is 0.0760. The number of benzene rings is 6. The summed E-state index contributed by atoms with van der Waals surface area (Å²) in [5.41, 5.74) is 14.0. The van der Waals surface area contributed by atoms with Crippen LogP contribution in [0.4, 0.5) is 0 Å². The van der Waals surface area contributed by atoms with Crippen molar-refractivity contribution in [3.63, 3.8) is 0 Å². The van der Waals surface area contributed by atoms with Crippen LogP contribution in [0.3, 0.4) is 0 Å². The van der Waals surface area contributed by atoms with Gasteiger partial charge in [-0.25, -0.2) is 9.59 Å². The molecule has 12 rings (SSSR count). The molecule has 6 aromatic heterocycles. The number of hydrogen-bond acceptors (Lipinski definition) is 8. The molecule has 382 valence electrons. The van der Waals surface area contributed by atoms with Crippen LogP contribution in [0.5, 0.6) is 0 Å². The van der Waals surface area contributed by atoms with Gasteiger partial charge in [0.05, 0.1) is 56.0 Å². The summed E-state index contributed by atoms with van der Waals surface area (Å²) >= 11 is 7.40. The van der Waals surface area contributed by atoms with Crippen LogP contribution >= 0.6 is 24.4 Å². The van der Waals surface area contributed by atoms with Crippen molar-refractivity contribution in [3.8, 4) is 34.2 Å². The summed E-state index contributed by atoms with van der Waals surface area (Å²) in [6.07, 6.45) is 14.9. The summed E-state index contributed by atoms with van der Waals surface area (Å²) in [6.45, 7) is 0. The molecule has 6 heterocycles. The van der Waals surface area contributed by atoms with Gasteiger partial charge in [0, 0.05) is 57.7 Å². The topological polar surface area (TPSA) is 181 Å². The van der Waals surface area contributed by atoms with E-state index < -0.39 is 11.9 Å². The Kier molecular flexibility index (Phi) is 18.4. The van der Waals surface area contributed by atoms with E-state index in [0.29, 0.717) is 11.4 Å². The Morgan fingerprint density at radius 3 is 0.962 bits per heavy atom. The summed E-state index contributed by atoms with van der Waals surface area (Å²) < 4.78 is 4.68. The Bertz CT molecular complexity index is 3910. The molecule has 0 atom stereocenters. The number of nitrogens with zero attached hydrogens (tertiary/aromatic N) is 8. The van der Waals surface area contributed by atoms with Gasteiger partial charge in [0.25, 0.3) is 0 Å². The summed E-state index contributed by atoms with van der Waals surface area (Å²) in [7, 11) is 0. The zero-order valence-corrected chi connectivity index (χ0v) is 44.9. The minimum atomic E-state index is -1.08. The SMILES string of the molecule is C(=C\c1ccnc(-c2cc(/C=C/c3ccc(-n4c5ccccc5c5ccccc54)cc3)ccn2)c1)/c1ccc(-n2c3ccccc3c3ccccc32)cc1.O=C(O)c1ccnc(-c2cc(C(=O)O)ccn2)c1.[N-]=C=S.[N-]=C=S.[Ru+2]. The van der Waals surface area contributed by atoms with Crippen LogP contribution in [-0.4, -0.2) is 61.5 Å². The summed E-state index contributed by atoms with van der Waals surface area (Å²) in [6, 6.07) is 65.5. The number of aromatic carboxylic acids is 2.